The Bertz CT molecular complexity index is 175. The minimum atomic E-state index is -3.36. The minimum Gasteiger partial charge on any atom is -0.462 e. The average Bonchev–Trinajstić information content (AvgIpc) is 1.88. The molecular formula is C4H11CuFNO4PS. The predicted octanol–water partition coefficient (Wildman–Crippen LogP) is 1.26. The van der Waals surface area contributed by atoms with E-state index in [4.69, 9.17) is 17.5 Å². The standard InChI is InChI=1S/C4H10N.Cu.FO2S.HO2P/c1-4-5(2)3;;1-4(2)3;1-3-2/h4H,1-3H3;;;3H/q-1;+2;-1;. The van der Waals surface area contributed by atoms with Gasteiger partial charge in [0.1, 0.15) is 0 Å². The van der Waals surface area contributed by atoms with Crippen LogP contribution in [0.4, 0.5) is 3.89 Å². The van der Waals surface area contributed by atoms with Crippen molar-refractivity contribution in [2.45, 2.75) is 6.92 Å². The van der Waals surface area contributed by atoms with Crippen LogP contribution in [-0.4, -0.2) is 19.0 Å². The van der Waals surface area contributed by atoms with Crippen LogP contribution in [0.3, 0.4) is 0 Å². The molecule has 0 unspecified atom stereocenters. The van der Waals surface area contributed by atoms with Gasteiger partial charge in [-0.25, -0.2) is 9.13 Å². The summed E-state index contributed by atoms with van der Waals surface area (Å²) < 4.78 is 43.4. The summed E-state index contributed by atoms with van der Waals surface area (Å²) in [5, 5.41) is 0. The van der Waals surface area contributed by atoms with Crippen LogP contribution in [0, 0.1) is 6.54 Å². The quantitative estimate of drug-likeness (QED) is 0.238. The van der Waals surface area contributed by atoms with E-state index in [2.05, 4.69) is 0 Å². The van der Waals surface area contributed by atoms with Gasteiger partial charge >= 0.3 is 25.4 Å². The second-order valence-electron chi connectivity index (χ2n) is 1.50. The number of halogens is 1. The Hall–Kier alpha value is 0.259. The summed E-state index contributed by atoms with van der Waals surface area (Å²) in [5.74, 6) is 0. The largest absolute Gasteiger partial charge is 2.00 e. The van der Waals surface area contributed by atoms with Gasteiger partial charge in [0.2, 0.25) is 0 Å². The minimum absolute atomic E-state index is 0. The van der Waals surface area contributed by atoms with Crippen molar-refractivity contribution in [1.29, 1.82) is 0 Å². The van der Waals surface area contributed by atoms with Gasteiger partial charge in [0.25, 0.3) is 0 Å². The fourth-order valence-corrected chi connectivity index (χ4v) is 0. The van der Waals surface area contributed by atoms with Gasteiger partial charge in [-0.05, 0) is 14.1 Å². The van der Waals surface area contributed by atoms with Gasteiger partial charge in [0.05, 0.1) is 11.1 Å². The van der Waals surface area contributed by atoms with E-state index in [1.165, 1.54) is 0 Å². The molecule has 0 amide bonds. The molecule has 0 N–H and O–H groups in total. The molecule has 0 saturated heterocycles. The summed E-state index contributed by atoms with van der Waals surface area (Å²) in [6, 6.07) is 0. The second-order valence-corrected chi connectivity index (χ2v) is 2.05. The molecule has 0 rings (SSSR count). The molecule has 0 aromatic heterocycles. The maximum Gasteiger partial charge on any atom is 2.00 e. The maximum atomic E-state index is 9.92. The molecule has 0 fully saturated rings. The molecule has 0 saturated carbocycles. The Morgan fingerprint density at radius 2 is 1.38 bits per heavy atom. The van der Waals surface area contributed by atoms with Gasteiger partial charge < -0.3 is 17.2 Å². The Morgan fingerprint density at radius 1 is 1.31 bits per heavy atom. The predicted molar refractivity (Wildman–Crippen MR) is 43.2 cm³/mol. The van der Waals surface area contributed by atoms with E-state index in [-0.39, 0.29) is 17.1 Å². The van der Waals surface area contributed by atoms with E-state index < -0.39 is 19.4 Å². The summed E-state index contributed by atoms with van der Waals surface area (Å²) in [6.45, 7) is 4.00. The van der Waals surface area contributed by atoms with E-state index in [1.54, 1.807) is 0 Å². The van der Waals surface area contributed by atoms with Crippen LogP contribution in [0.25, 0.3) is 0 Å². The Balaban J connectivity index is -0.0000000465. The van der Waals surface area contributed by atoms with Crippen LogP contribution in [0.2, 0.25) is 0 Å². The van der Waals surface area contributed by atoms with E-state index in [9.17, 15) is 3.89 Å². The molecule has 0 bridgehead atoms. The van der Waals surface area contributed by atoms with Crippen molar-refractivity contribution in [3.63, 3.8) is 0 Å². The van der Waals surface area contributed by atoms with Gasteiger partial charge in [0, 0.05) is 0 Å². The van der Waals surface area contributed by atoms with Gasteiger partial charge in [-0.15, -0.1) is 0 Å². The van der Waals surface area contributed by atoms with Crippen LogP contribution in [0.1, 0.15) is 6.92 Å². The van der Waals surface area contributed by atoms with Crippen LogP contribution < -0.4 is 0 Å². The molecular weight excluding hydrogens is 272 g/mol. The van der Waals surface area contributed by atoms with Crippen molar-refractivity contribution in [2.24, 2.45) is 0 Å². The smallest absolute Gasteiger partial charge is 0.462 e. The fraction of sp³-hybridized carbons (Fsp3) is 0.750. The van der Waals surface area contributed by atoms with Crippen molar-refractivity contribution < 1.29 is 38.5 Å². The van der Waals surface area contributed by atoms with Crippen molar-refractivity contribution in [1.82, 2.24) is 4.90 Å². The van der Waals surface area contributed by atoms with E-state index in [0.717, 1.165) is 0 Å². The fourth-order valence-electron chi connectivity index (χ4n) is 0. The third kappa shape index (κ3) is 253. The first-order valence-electron chi connectivity index (χ1n) is 2.63. The van der Waals surface area contributed by atoms with Gasteiger partial charge in [-0.2, -0.15) is 6.92 Å². The molecule has 0 spiro atoms. The third-order valence-electron chi connectivity index (χ3n) is 0.516. The van der Waals surface area contributed by atoms with E-state index >= 15 is 0 Å². The first kappa shape index (κ1) is 23.2. The van der Waals surface area contributed by atoms with Crippen molar-refractivity contribution in [3.8, 4) is 0 Å². The summed E-state index contributed by atoms with van der Waals surface area (Å²) in [6.07, 6.45) is 0. The summed E-state index contributed by atoms with van der Waals surface area (Å²) in [7, 11) is 2.58. The van der Waals surface area contributed by atoms with Crippen LogP contribution in [0.5, 0.6) is 0 Å². The van der Waals surface area contributed by atoms with Gasteiger partial charge in [-0.1, -0.05) is 0 Å². The number of rotatable bonds is 1. The molecule has 0 aliphatic rings. The molecule has 0 aromatic rings. The molecule has 0 aliphatic carbocycles. The monoisotopic (exact) mass is 282 g/mol. The van der Waals surface area contributed by atoms with Crippen LogP contribution in [-0.2, 0) is 45.7 Å². The Labute approximate surface area is 90.6 Å². The molecule has 85 valence electrons. The zero-order chi connectivity index (χ0) is 10.6. The first-order valence-corrected chi connectivity index (χ1v) is 4.42. The normalized spacial score (nSPS) is 7.23. The zero-order valence-electron chi connectivity index (χ0n) is 7.25. The van der Waals surface area contributed by atoms with Crippen molar-refractivity contribution in [3.05, 3.63) is 6.54 Å². The molecule has 13 heavy (non-hydrogen) atoms. The molecule has 0 atom stereocenters. The summed E-state index contributed by atoms with van der Waals surface area (Å²) in [4.78, 5) is 2.00. The molecule has 0 aliphatic heterocycles. The Kier molecular flexibility index (Phi) is 40.7. The summed E-state index contributed by atoms with van der Waals surface area (Å²) >= 11 is -3.36. The third-order valence-corrected chi connectivity index (χ3v) is 0.516. The van der Waals surface area contributed by atoms with Crippen molar-refractivity contribution >= 4 is 19.4 Å². The molecule has 9 heteroatoms. The van der Waals surface area contributed by atoms with Gasteiger partial charge in [-0.3, -0.25) is 6.54 Å². The van der Waals surface area contributed by atoms with E-state index in [0.29, 0.717) is 0 Å². The first-order chi connectivity index (χ1) is 5.42. The maximum absolute atomic E-state index is 9.92. The zero-order valence-corrected chi connectivity index (χ0v) is 10.0. The van der Waals surface area contributed by atoms with Crippen molar-refractivity contribution in [2.75, 3.05) is 14.1 Å². The van der Waals surface area contributed by atoms with Crippen LogP contribution in [0.15, 0.2) is 0 Å². The second kappa shape index (κ2) is 22.8. The summed E-state index contributed by atoms with van der Waals surface area (Å²) in [5.41, 5.74) is 0. The SMILES string of the molecule is C[CH-]N(C)C.O=[PH]=O.O=[S-](=O)F.[Cu+2]. The molecule has 5 nitrogen and oxygen atoms in total. The Morgan fingerprint density at radius 3 is 1.38 bits per heavy atom. The average molecular weight is 283 g/mol. The molecule has 0 heterocycles. The van der Waals surface area contributed by atoms with Gasteiger partial charge in [0.15, 0.2) is 0 Å². The molecule has 0 aromatic carbocycles. The topological polar surface area (TPSA) is 71.5 Å². The van der Waals surface area contributed by atoms with Crippen LogP contribution >= 0.6 is 8.34 Å². The number of nitrogens with zero attached hydrogens (tertiary/aromatic N) is 1. The number of hydrogen-bond acceptors (Lipinski definition) is 6. The molecule has 1 radical (unpaired) electrons. The number of hydrogen-bond donors (Lipinski definition) is 0. The van der Waals surface area contributed by atoms with E-state index in [1.807, 2.05) is 32.5 Å².